The van der Waals surface area contributed by atoms with Gasteiger partial charge < -0.3 is 10.5 Å². The summed E-state index contributed by atoms with van der Waals surface area (Å²) in [4.78, 5) is 1.00. The molecule has 0 aliphatic rings. The van der Waals surface area contributed by atoms with E-state index in [-0.39, 0.29) is 0 Å². The number of nitrogen functional groups attached to an aromatic ring is 1. The first-order valence-electron chi connectivity index (χ1n) is 3.85. The molecule has 0 bridgehead atoms. The second kappa shape index (κ2) is 3.62. The molecule has 2 aromatic rings. The summed E-state index contributed by atoms with van der Waals surface area (Å²) in [7, 11) is 1.64. The molecule has 0 radical (unpaired) electrons. The zero-order valence-corrected chi connectivity index (χ0v) is 9.78. The first kappa shape index (κ1) is 9.54. The summed E-state index contributed by atoms with van der Waals surface area (Å²) in [6, 6.07) is 1.95. The number of hydrogen-bond donors (Lipinski definition) is 2. The van der Waals surface area contributed by atoms with E-state index in [2.05, 4.69) is 26.1 Å². The smallest absolute Gasteiger partial charge is 0.188 e. The number of hydrogen-bond acceptors (Lipinski definition) is 4. The minimum Gasteiger partial charge on any atom is -0.486 e. The average molecular weight is 274 g/mol. The van der Waals surface area contributed by atoms with Gasteiger partial charge >= 0.3 is 0 Å². The molecule has 2 rings (SSSR count). The van der Waals surface area contributed by atoms with Crippen molar-refractivity contribution in [2.24, 2.45) is 0 Å². The van der Waals surface area contributed by atoms with Crippen LogP contribution in [0.15, 0.2) is 16.7 Å². The molecule has 0 aliphatic heterocycles. The van der Waals surface area contributed by atoms with E-state index in [1.807, 2.05) is 6.07 Å². The Morgan fingerprint density at radius 2 is 2.43 bits per heavy atom. The van der Waals surface area contributed by atoms with Gasteiger partial charge in [0.15, 0.2) is 5.06 Å². The van der Waals surface area contributed by atoms with Crippen molar-refractivity contribution in [1.82, 2.24) is 10.2 Å². The van der Waals surface area contributed by atoms with Crippen molar-refractivity contribution >= 4 is 33.0 Å². The number of ether oxygens (including phenoxy) is 1. The standard InChI is InChI=1S/C8H8BrN3OS/c1-13-8-4(9)2-6(14-8)7-5(10)3-11-12-7/h2-3H,10H2,1H3,(H,11,12). The van der Waals surface area contributed by atoms with Crippen LogP contribution < -0.4 is 10.5 Å². The Balaban J connectivity index is 2.47. The van der Waals surface area contributed by atoms with Crippen LogP contribution in [0.2, 0.25) is 0 Å². The van der Waals surface area contributed by atoms with Gasteiger partial charge in [-0.1, -0.05) is 11.3 Å². The number of methoxy groups -OCH3 is 1. The number of halogens is 1. The van der Waals surface area contributed by atoms with Gasteiger partial charge in [0, 0.05) is 0 Å². The molecule has 0 atom stereocenters. The van der Waals surface area contributed by atoms with Gasteiger partial charge in [0.2, 0.25) is 0 Å². The van der Waals surface area contributed by atoms with Gasteiger partial charge in [-0.2, -0.15) is 5.10 Å². The van der Waals surface area contributed by atoms with Gasteiger partial charge in [-0.25, -0.2) is 0 Å². The summed E-state index contributed by atoms with van der Waals surface area (Å²) in [5.41, 5.74) is 7.20. The first-order valence-corrected chi connectivity index (χ1v) is 5.46. The van der Waals surface area contributed by atoms with E-state index in [0.717, 1.165) is 20.1 Å². The van der Waals surface area contributed by atoms with Crippen molar-refractivity contribution in [1.29, 1.82) is 0 Å². The molecule has 0 spiro atoms. The van der Waals surface area contributed by atoms with Crippen LogP contribution in [-0.4, -0.2) is 17.3 Å². The first-order chi connectivity index (χ1) is 6.72. The van der Waals surface area contributed by atoms with Gasteiger partial charge in [-0.15, -0.1) is 0 Å². The molecule has 0 aliphatic carbocycles. The molecule has 4 nitrogen and oxygen atoms in total. The van der Waals surface area contributed by atoms with Crippen LogP contribution in [-0.2, 0) is 0 Å². The van der Waals surface area contributed by atoms with Gasteiger partial charge in [0.25, 0.3) is 0 Å². The molecule has 2 heterocycles. The molecule has 6 heteroatoms. The maximum Gasteiger partial charge on any atom is 0.188 e. The normalized spacial score (nSPS) is 10.4. The number of anilines is 1. The quantitative estimate of drug-likeness (QED) is 0.884. The highest BCUT2D eigenvalue weighted by atomic mass is 79.9. The molecule has 0 aromatic carbocycles. The Bertz CT molecular complexity index is 451. The van der Waals surface area contributed by atoms with Gasteiger partial charge in [-0.3, -0.25) is 5.10 Å². The minimum absolute atomic E-state index is 0.640. The van der Waals surface area contributed by atoms with Crippen LogP contribution in [0.25, 0.3) is 10.6 Å². The fourth-order valence-corrected chi connectivity index (χ4v) is 2.77. The summed E-state index contributed by atoms with van der Waals surface area (Å²) in [5.74, 6) is 0. The summed E-state index contributed by atoms with van der Waals surface area (Å²) >= 11 is 4.91. The second-order valence-corrected chi connectivity index (χ2v) is 4.52. The number of nitrogens with two attached hydrogens (primary N) is 1. The van der Waals surface area contributed by atoms with Gasteiger partial charge in [0.05, 0.1) is 34.0 Å². The predicted octanol–water partition coefficient (Wildman–Crippen LogP) is 2.49. The molecule has 0 amide bonds. The van der Waals surface area contributed by atoms with Crippen molar-refractivity contribution in [2.75, 3.05) is 12.8 Å². The van der Waals surface area contributed by atoms with E-state index >= 15 is 0 Å². The van der Waals surface area contributed by atoms with Crippen LogP contribution in [0, 0.1) is 0 Å². The van der Waals surface area contributed by atoms with Crippen LogP contribution in [0.1, 0.15) is 0 Å². The van der Waals surface area contributed by atoms with Crippen molar-refractivity contribution in [3.05, 3.63) is 16.7 Å². The molecule has 0 saturated carbocycles. The summed E-state index contributed by atoms with van der Waals surface area (Å²) in [6.07, 6.45) is 1.59. The predicted molar refractivity (Wildman–Crippen MR) is 60.6 cm³/mol. The van der Waals surface area contributed by atoms with E-state index in [4.69, 9.17) is 10.5 Å². The van der Waals surface area contributed by atoms with Gasteiger partial charge in [0.1, 0.15) is 0 Å². The Labute approximate surface area is 93.2 Å². The molecule has 0 saturated heterocycles. The zero-order valence-electron chi connectivity index (χ0n) is 7.37. The summed E-state index contributed by atoms with van der Waals surface area (Å²) in [5, 5.41) is 7.54. The molecule has 2 aromatic heterocycles. The average Bonchev–Trinajstić information content (AvgIpc) is 2.71. The molecule has 0 unspecified atom stereocenters. The number of nitrogens with one attached hydrogen (secondary N) is 1. The van der Waals surface area contributed by atoms with Crippen molar-refractivity contribution in [2.45, 2.75) is 0 Å². The summed E-state index contributed by atoms with van der Waals surface area (Å²) < 4.78 is 6.09. The molecule has 3 N–H and O–H groups in total. The van der Waals surface area contributed by atoms with Gasteiger partial charge in [-0.05, 0) is 22.0 Å². The van der Waals surface area contributed by atoms with Crippen molar-refractivity contribution in [3.63, 3.8) is 0 Å². The van der Waals surface area contributed by atoms with Crippen LogP contribution in [0.4, 0.5) is 5.69 Å². The van der Waals surface area contributed by atoms with E-state index in [0.29, 0.717) is 5.69 Å². The van der Waals surface area contributed by atoms with E-state index in [1.54, 1.807) is 13.3 Å². The topological polar surface area (TPSA) is 63.9 Å². The zero-order chi connectivity index (χ0) is 10.1. The lowest BCUT2D eigenvalue weighted by Gasteiger charge is -1.93. The Morgan fingerprint density at radius 1 is 1.64 bits per heavy atom. The fraction of sp³-hybridized carbons (Fsp3) is 0.125. The van der Waals surface area contributed by atoms with Crippen LogP contribution in [0.5, 0.6) is 5.06 Å². The highest BCUT2D eigenvalue weighted by Gasteiger charge is 2.12. The number of nitrogens with zero attached hydrogens (tertiary/aromatic N) is 1. The lowest BCUT2D eigenvalue weighted by Crippen LogP contribution is -1.83. The van der Waals surface area contributed by atoms with Crippen molar-refractivity contribution < 1.29 is 4.74 Å². The lowest BCUT2D eigenvalue weighted by atomic mass is 10.3. The fourth-order valence-electron chi connectivity index (χ4n) is 1.11. The summed E-state index contributed by atoms with van der Waals surface area (Å²) in [6.45, 7) is 0. The molecule has 0 fully saturated rings. The number of aromatic nitrogens is 2. The number of rotatable bonds is 2. The maximum atomic E-state index is 5.73. The largest absolute Gasteiger partial charge is 0.486 e. The number of H-pyrrole nitrogens is 1. The third-order valence-corrected chi connectivity index (χ3v) is 3.72. The minimum atomic E-state index is 0.640. The lowest BCUT2D eigenvalue weighted by molar-refractivity contribution is 0.425. The maximum absolute atomic E-state index is 5.73. The Morgan fingerprint density at radius 3 is 2.93 bits per heavy atom. The highest BCUT2D eigenvalue weighted by Crippen LogP contribution is 2.40. The van der Waals surface area contributed by atoms with E-state index in [9.17, 15) is 0 Å². The third kappa shape index (κ3) is 1.51. The van der Waals surface area contributed by atoms with E-state index < -0.39 is 0 Å². The van der Waals surface area contributed by atoms with Crippen molar-refractivity contribution in [3.8, 4) is 15.6 Å². The van der Waals surface area contributed by atoms with Crippen LogP contribution in [0.3, 0.4) is 0 Å². The van der Waals surface area contributed by atoms with Crippen LogP contribution >= 0.6 is 27.3 Å². The number of aromatic amines is 1. The SMILES string of the molecule is COc1sc(-c2[nH]ncc2N)cc1Br. The Kier molecular flexibility index (Phi) is 2.47. The van der Waals surface area contributed by atoms with E-state index in [1.165, 1.54) is 11.3 Å². The molecular formula is C8H8BrN3OS. The highest BCUT2D eigenvalue weighted by molar-refractivity contribution is 9.10. The third-order valence-electron chi connectivity index (χ3n) is 1.76. The molecule has 14 heavy (non-hydrogen) atoms. The Hall–Kier alpha value is -1.01. The molecule has 74 valence electrons. The number of thiophene rings is 1. The second-order valence-electron chi connectivity index (χ2n) is 2.65. The monoisotopic (exact) mass is 273 g/mol. The molecular weight excluding hydrogens is 266 g/mol.